The van der Waals surface area contributed by atoms with E-state index < -0.39 is 0 Å². The number of carbonyl (C=O) groups excluding carboxylic acids is 1. The maximum absolute atomic E-state index is 12.5. The van der Waals surface area contributed by atoms with E-state index in [1.54, 1.807) is 6.20 Å². The first-order valence-corrected chi connectivity index (χ1v) is 8.57. The molecule has 1 aliphatic rings. The molecule has 2 rings (SSSR count). The zero-order valence-corrected chi connectivity index (χ0v) is 14.4. The minimum absolute atomic E-state index is 0.0397. The number of amides is 1. The van der Waals surface area contributed by atoms with E-state index in [4.69, 9.17) is 0 Å². The van der Waals surface area contributed by atoms with Gasteiger partial charge >= 0.3 is 0 Å². The minimum atomic E-state index is -0.0397. The van der Waals surface area contributed by atoms with Crippen LogP contribution in [0.3, 0.4) is 0 Å². The Bertz CT molecular complexity index is 495. The molecule has 5 heteroatoms. The highest BCUT2D eigenvalue weighted by atomic mass is 79.9. The topological polar surface area (TPSA) is 54.0 Å². The van der Waals surface area contributed by atoms with E-state index in [9.17, 15) is 4.79 Å². The molecule has 0 bridgehead atoms. The standard InChI is InChI=1S/C16H24BrN3O/c1-3-8-18-14-13(9-12(17)10-19-14)15(21)20-11-16(4-2)6-5-7-16/h9-10H,3-8,11H2,1-2H3,(H,18,19)(H,20,21). The van der Waals surface area contributed by atoms with E-state index in [2.05, 4.69) is 45.4 Å². The lowest BCUT2D eigenvalue weighted by Crippen LogP contribution is -2.41. The number of aromatic nitrogens is 1. The van der Waals surface area contributed by atoms with Gasteiger partial charge in [-0.05, 0) is 53.1 Å². The van der Waals surface area contributed by atoms with Gasteiger partial charge in [-0.1, -0.05) is 20.3 Å². The third-order valence-electron chi connectivity index (χ3n) is 4.43. The Morgan fingerprint density at radius 1 is 1.43 bits per heavy atom. The van der Waals surface area contributed by atoms with E-state index in [0.717, 1.165) is 30.4 Å². The van der Waals surface area contributed by atoms with Crippen LogP contribution < -0.4 is 10.6 Å². The predicted molar refractivity (Wildman–Crippen MR) is 89.6 cm³/mol. The molecule has 1 aliphatic carbocycles. The number of carbonyl (C=O) groups is 1. The van der Waals surface area contributed by atoms with Crippen molar-refractivity contribution in [1.29, 1.82) is 0 Å². The molecular weight excluding hydrogens is 330 g/mol. The summed E-state index contributed by atoms with van der Waals surface area (Å²) in [7, 11) is 0. The molecule has 0 unspecified atom stereocenters. The highest BCUT2D eigenvalue weighted by molar-refractivity contribution is 9.10. The number of pyridine rings is 1. The Labute approximate surface area is 135 Å². The second-order valence-electron chi connectivity index (χ2n) is 5.87. The van der Waals surface area contributed by atoms with Crippen molar-refractivity contribution in [3.05, 3.63) is 22.3 Å². The highest BCUT2D eigenvalue weighted by Gasteiger charge is 2.35. The second kappa shape index (κ2) is 7.25. The van der Waals surface area contributed by atoms with Gasteiger partial charge in [0.05, 0.1) is 5.56 Å². The number of nitrogens with zero attached hydrogens (tertiary/aromatic N) is 1. The van der Waals surface area contributed by atoms with Crippen LogP contribution >= 0.6 is 15.9 Å². The van der Waals surface area contributed by atoms with Crippen molar-refractivity contribution in [2.45, 2.75) is 46.0 Å². The van der Waals surface area contributed by atoms with Gasteiger partial charge in [0.25, 0.3) is 5.91 Å². The number of hydrogen-bond acceptors (Lipinski definition) is 3. The summed E-state index contributed by atoms with van der Waals surface area (Å²) in [5.74, 6) is 0.624. The van der Waals surface area contributed by atoms with Crippen molar-refractivity contribution in [1.82, 2.24) is 10.3 Å². The smallest absolute Gasteiger partial charge is 0.255 e. The normalized spacial score (nSPS) is 16.1. The van der Waals surface area contributed by atoms with Crippen LogP contribution in [-0.4, -0.2) is 24.0 Å². The van der Waals surface area contributed by atoms with Crippen LogP contribution in [0.2, 0.25) is 0 Å². The van der Waals surface area contributed by atoms with Crippen LogP contribution in [0.25, 0.3) is 0 Å². The van der Waals surface area contributed by atoms with Crippen LogP contribution in [0.4, 0.5) is 5.82 Å². The molecule has 1 aromatic heterocycles. The molecule has 1 fully saturated rings. The summed E-state index contributed by atoms with van der Waals surface area (Å²) in [5, 5.41) is 6.31. The lowest BCUT2D eigenvalue weighted by Gasteiger charge is -2.41. The summed E-state index contributed by atoms with van der Waals surface area (Å²) in [6.45, 7) is 5.88. The van der Waals surface area contributed by atoms with Gasteiger partial charge in [-0.15, -0.1) is 0 Å². The van der Waals surface area contributed by atoms with Crippen molar-refractivity contribution < 1.29 is 4.79 Å². The molecule has 0 radical (unpaired) electrons. The molecule has 0 aliphatic heterocycles. The lowest BCUT2D eigenvalue weighted by atomic mass is 9.67. The van der Waals surface area contributed by atoms with Gasteiger partial charge in [-0.3, -0.25) is 4.79 Å². The molecule has 0 atom stereocenters. The Morgan fingerprint density at radius 2 is 2.19 bits per heavy atom. The van der Waals surface area contributed by atoms with Crippen molar-refractivity contribution in [3.63, 3.8) is 0 Å². The maximum atomic E-state index is 12.5. The fraction of sp³-hybridized carbons (Fsp3) is 0.625. The van der Waals surface area contributed by atoms with E-state index in [0.29, 0.717) is 16.8 Å². The fourth-order valence-electron chi connectivity index (χ4n) is 2.69. The quantitative estimate of drug-likeness (QED) is 0.779. The minimum Gasteiger partial charge on any atom is -0.369 e. The molecule has 2 N–H and O–H groups in total. The fourth-order valence-corrected chi connectivity index (χ4v) is 3.02. The summed E-state index contributed by atoms with van der Waals surface area (Å²) >= 11 is 3.39. The molecule has 0 saturated heterocycles. The number of anilines is 1. The third kappa shape index (κ3) is 3.96. The Morgan fingerprint density at radius 3 is 2.76 bits per heavy atom. The van der Waals surface area contributed by atoms with Gasteiger partial charge in [0, 0.05) is 23.8 Å². The average molecular weight is 354 g/mol. The summed E-state index contributed by atoms with van der Waals surface area (Å²) in [5.41, 5.74) is 0.940. The predicted octanol–water partition coefficient (Wildman–Crippen LogP) is 3.98. The SMILES string of the molecule is CCCNc1ncc(Br)cc1C(=O)NCC1(CC)CCC1. The number of halogens is 1. The molecule has 0 aromatic carbocycles. The van der Waals surface area contributed by atoms with Crippen molar-refractivity contribution in [2.24, 2.45) is 5.41 Å². The molecule has 4 nitrogen and oxygen atoms in total. The van der Waals surface area contributed by atoms with Crippen molar-refractivity contribution >= 4 is 27.7 Å². The number of rotatable bonds is 7. The van der Waals surface area contributed by atoms with Gasteiger partial charge in [0.1, 0.15) is 5.82 Å². The van der Waals surface area contributed by atoms with Crippen LogP contribution in [0.5, 0.6) is 0 Å². The van der Waals surface area contributed by atoms with Gasteiger partial charge in [-0.2, -0.15) is 0 Å². The first-order chi connectivity index (χ1) is 10.1. The van der Waals surface area contributed by atoms with Gasteiger partial charge < -0.3 is 10.6 Å². The Balaban J connectivity index is 2.05. The van der Waals surface area contributed by atoms with E-state index in [1.165, 1.54) is 19.3 Å². The average Bonchev–Trinajstić information content (AvgIpc) is 2.45. The summed E-state index contributed by atoms with van der Waals surface area (Å²) in [6.07, 6.45) is 7.57. The monoisotopic (exact) mass is 353 g/mol. The number of hydrogen-bond donors (Lipinski definition) is 2. The molecule has 116 valence electrons. The molecule has 1 heterocycles. The van der Waals surface area contributed by atoms with Gasteiger partial charge in [-0.25, -0.2) is 4.98 Å². The lowest BCUT2D eigenvalue weighted by molar-refractivity contribution is 0.0850. The van der Waals surface area contributed by atoms with E-state index in [1.807, 2.05) is 6.07 Å². The molecule has 1 aromatic rings. The highest BCUT2D eigenvalue weighted by Crippen LogP contribution is 2.43. The Hall–Kier alpha value is -1.10. The second-order valence-corrected chi connectivity index (χ2v) is 6.78. The zero-order valence-electron chi connectivity index (χ0n) is 12.8. The largest absolute Gasteiger partial charge is 0.369 e. The van der Waals surface area contributed by atoms with Gasteiger partial charge in [0.15, 0.2) is 0 Å². The van der Waals surface area contributed by atoms with Crippen molar-refractivity contribution in [3.8, 4) is 0 Å². The van der Waals surface area contributed by atoms with Gasteiger partial charge in [0.2, 0.25) is 0 Å². The first-order valence-electron chi connectivity index (χ1n) is 7.78. The van der Waals surface area contributed by atoms with Crippen LogP contribution in [-0.2, 0) is 0 Å². The molecule has 1 saturated carbocycles. The maximum Gasteiger partial charge on any atom is 0.255 e. The van der Waals surface area contributed by atoms with Crippen LogP contribution in [0.15, 0.2) is 16.7 Å². The number of nitrogens with one attached hydrogen (secondary N) is 2. The summed E-state index contributed by atoms with van der Waals surface area (Å²) in [4.78, 5) is 16.8. The van der Waals surface area contributed by atoms with Crippen LogP contribution in [0, 0.1) is 5.41 Å². The van der Waals surface area contributed by atoms with Crippen LogP contribution in [0.1, 0.15) is 56.3 Å². The first kappa shape index (κ1) is 16.3. The molecule has 1 amide bonds. The van der Waals surface area contributed by atoms with Crippen molar-refractivity contribution in [2.75, 3.05) is 18.4 Å². The molecule has 0 spiro atoms. The summed E-state index contributed by atoms with van der Waals surface area (Å²) < 4.78 is 0.823. The van der Waals surface area contributed by atoms with E-state index in [-0.39, 0.29) is 5.91 Å². The van der Waals surface area contributed by atoms with E-state index >= 15 is 0 Å². The zero-order chi connectivity index (χ0) is 15.3. The Kier molecular flexibility index (Phi) is 5.62. The molecular formula is C16H24BrN3O. The molecule has 21 heavy (non-hydrogen) atoms. The summed E-state index contributed by atoms with van der Waals surface area (Å²) in [6, 6.07) is 1.83. The third-order valence-corrected chi connectivity index (χ3v) is 4.86.